The Labute approximate surface area is 119 Å². The molecule has 108 valence electrons. The van der Waals surface area contributed by atoms with Crippen molar-refractivity contribution in [3.05, 3.63) is 29.3 Å². The van der Waals surface area contributed by atoms with E-state index < -0.39 is 0 Å². The molecule has 1 aliphatic heterocycles. The Bertz CT molecular complexity index is 522. The maximum Gasteiger partial charge on any atom is 0.256 e. The lowest BCUT2D eigenvalue weighted by atomic mass is 10.1. The third-order valence-electron chi connectivity index (χ3n) is 3.73. The van der Waals surface area contributed by atoms with E-state index in [9.17, 15) is 9.59 Å². The van der Waals surface area contributed by atoms with E-state index in [1.54, 1.807) is 19.2 Å². The van der Waals surface area contributed by atoms with Crippen LogP contribution in [-0.4, -0.2) is 48.3 Å². The molecular formula is C15H21N3O2. The van der Waals surface area contributed by atoms with E-state index in [-0.39, 0.29) is 18.4 Å². The molecular weight excluding hydrogens is 254 g/mol. The second-order valence-electron chi connectivity index (χ2n) is 5.29. The van der Waals surface area contributed by atoms with E-state index in [0.29, 0.717) is 11.3 Å². The molecule has 0 atom stereocenters. The first-order valence-electron chi connectivity index (χ1n) is 6.89. The molecule has 0 aromatic heterocycles. The summed E-state index contributed by atoms with van der Waals surface area (Å²) in [5.74, 6) is -0.205. The van der Waals surface area contributed by atoms with E-state index in [4.69, 9.17) is 5.73 Å². The quantitative estimate of drug-likeness (QED) is 0.845. The zero-order valence-electron chi connectivity index (χ0n) is 12.1. The molecule has 0 spiro atoms. The van der Waals surface area contributed by atoms with Crippen molar-refractivity contribution in [2.45, 2.75) is 19.8 Å². The van der Waals surface area contributed by atoms with E-state index in [1.807, 2.05) is 17.9 Å². The van der Waals surface area contributed by atoms with Crippen LogP contribution in [0.5, 0.6) is 0 Å². The van der Waals surface area contributed by atoms with Crippen molar-refractivity contribution in [2.75, 3.05) is 32.4 Å². The summed E-state index contributed by atoms with van der Waals surface area (Å²) in [7, 11) is 1.64. The molecule has 0 unspecified atom stereocenters. The van der Waals surface area contributed by atoms with Gasteiger partial charge in [-0.05, 0) is 31.4 Å². The van der Waals surface area contributed by atoms with Gasteiger partial charge in [0.05, 0.1) is 12.1 Å². The van der Waals surface area contributed by atoms with Crippen molar-refractivity contribution < 1.29 is 9.59 Å². The van der Waals surface area contributed by atoms with Gasteiger partial charge >= 0.3 is 0 Å². The number of hydrogen-bond acceptors (Lipinski definition) is 3. The molecule has 1 fully saturated rings. The summed E-state index contributed by atoms with van der Waals surface area (Å²) in [4.78, 5) is 27.6. The number of nitrogens with two attached hydrogens (primary N) is 1. The number of carbonyl (C=O) groups is 2. The fourth-order valence-corrected chi connectivity index (χ4v) is 2.41. The Morgan fingerprint density at radius 2 is 1.95 bits per heavy atom. The number of nitrogens with zero attached hydrogens (tertiary/aromatic N) is 2. The molecule has 2 N–H and O–H groups in total. The number of rotatable bonds is 3. The predicted molar refractivity (Wildman–Crippen MR) is 78.4 cm³/mol. The highest BCUT2D eigenvalue weighted by atomic mass is 16.2. The molecule has 1 aromatic rings. The van der Waals surface area contributed by atoms with Gasteiger partial charge < -0.3 is 15.5 Å². The van der Waals surface area contributed by atoms with Gasteiger partial charge in [-0.15, -0.1) is 0 Å². The van der Waals surface area contributed by atoms with Gasteiger partial charge in [-0.2, -0.15) is 0 Å². The minimum atomic E-state index is -0.209. The van der Waals surface area contributed by atoms with Crippen LogP contribution in [-0.2, 0) is 4.79 Å². The lowest BCUT2D eigenvalue weighted by molar-refractivity contribution is -0.130. The number of para-hydroxylation sites is 1. The highest BCUT2D eigenvalue weighted by molar-refractivity contribution is 6.01. The third kappa shape index (κ3) is 2.92. The first kappa shape index (κ1) is 14.4. The molecule has 5 heteroatoms. The Kier molecular flexibility index (Phi) is 4.27. The third-order valence-corrected chi connectivity index (χ3v) is 3.73. The minimum Gasteiger partial charge on any atom is -0.398 e. The van der Waals surface area contributed by atoms with Crippen LogP contribution >= 0.6 is 0 Å². The summed E-state index contributed by atoms with van der Waals surface area (Å²) in [5, 5.41) is 0. The average molecular weight is 275 g/mol. The van der Waals surface area contributed by atoms with Gasteiger partial charge in [0.25, 0.3) is 5.91 Å². The van der Waals surface area contributed by atoms with E-state index in [1.165, 1.54) is 4.90 Å². The molecule has 20 heavy (non-hydrogen) atoms. The van der Waals surface area contributed by atoms with Crippen LogP contribution in [0.2, 0.25) is 0 Å². The van der Waals surface area contributed by atoms with Crippen molar-refractivity contribution in [3.63, 3.8) is 0 Å². The van der Waals surface area contributed by atoms with Crippen molar-refractivity contribution in [1.82, 2.24) is 9.80 Å². The van der Waals surface area contributed by atoms with Gasteiger partial charge in [0.2, 0.25) is 5.91 Å². The maximum absolute atomic E-state index is 12.3. The molecule has 2 rings (SSSR count). The first-order valence-corrected chi connectivity index (χ1v) is 6.89. The molecule has 1 aromatic carbocycles. The molecule has 0 aliphatic carbocycles. The van der Waals surface area contributed by atoms with E-state index in [2.05, 4.69) is 0 Å². The smallest absolute Gasteiger partial charge is 0.256 e. The van der Waals surface area contributed by atoms with Crippen molar-refractivity contribution in [3.8, 4) is 0 Å². The second kappa shape index (κ2) is 5.94. The predicted octanol–water partition coefficient (Wildman–Crippen LogP) is 1.27. The topological polar surface area (TPSA) is 66.6 Å². The molecule has 1 aliphatic rings. The standard InChI is InChI=1S/C15H21N3O2/c1-11-6-5-7-12(14(11)16)15(20)17(2)10-13(19)18-8-3-4-9-18/h5-7H,3-4,8-10,16H2,1-2H3. The number of nitrogen functional groups attached to an aromatic ring is 1. The lowest BCUT2D eigenvalue weighted by Crippen LogP contribution is -2.40. The van der Waals surface area contributed by atoms with Crippen molar-refractivity contribution >= 4 is 17.5 Å². The SMILES string of the molecule is Cc1cccc(C(=O)N(C)CC(=O)N2CCCC2)c1N. The second-order valence-corrected chi connectivity index (χ2v) is 5.29. The zero-order valence-corrected chi connectivity index (χ0v) is 12.1. The van der Waals surface area contributed by atoms with Crippen molar-refractivity contribution in [2.24, 2.45) is 0 Å². The monoisotopic (exact) mass is 275 g/mol. The van der Waals surface area contributed by atoms with Crippen LogP contribution in [0, 0.1) is 6.92 Å². The minimum absolute atomic E-state index is 0.00424. The first-order chi connectivity index (χ1) is 9.50. The maximum atomic E-state index is 12.3. The largest absolute Gasteiger partial charge is 0.398 e. The fraction of sp³-hybridized carbons (Fsp3) is 0.467. The molecule has 0 saturated carbocycles. The summed E-state index contributed by atoms with van der Waals surface area (Å²) in [6.07, 6.45) is 2.10. The molecule has 0 radical (unpaired) electrons. The normalized spacial score (nSPS) is 14.4. The van der Waals surface area contributed by atoms with Gasteiger partial charge in [-0.1, -0.05) is 12.1 Å². The van der Waals surface area contributed by atoms with Crippen LogP contribution in [0.3, 0.4) is 0 Å². The van der Waals surface area contributed by atoms with Gasteiger partial charge in [-0.25, -0.2) is 0 Å². The number of benzene rings is 1. The summed E-state index contributed by atoms with van der Waals surface area (Å²) >= 11 is 0. The number of carbonyl (C=O) groups excluding carboxylic acids is 2. The zero-order chi connectivity index (χ0) is 14.7. The van der Waals surface area contributed by atoms with Crippen LogP contribution in [0.4, 0.5) is 5.69 Å². The van der Waals surface area contributed by atoms with Gasteiger partial charge in [0.1, 0.15) is 0 Å². The number of amides is 2. The number of likely N-dealkylation sites (tertiary alicyclic amines) is 1. The number of aryl methyl sites for hydroxylation is 1. The Morgan fingerprint density at radius 1 is 1.30 bits per heavy atom. The average Bonchev–Trinajstić information content (AvgIpc) is 2.95. The Balaban J connectivity index is 2.04. The summed E-state index contributed by atoms with van der Waals surface area (Å²) < 4.78 is 0. The molecule has 0 bridgehead atoms. The molecule has 1 heterocycles. The van der Waals surface area contributed by atoms with Crippen LogP contribution in [0.15, 0.2) is 18.2 Å². The fourth-order valence-electron chi connectivity index (χ4n) is 2.41. The van der Waals surface area contributed by atoms with Crippen LogP contribution < -0.4 is 5.73 Å². The number of anilines is 1. The van der Waals surface area contributed by atoms with E-state index in [0.717, 1.165) is 31.5 Å². The Hall–Kier alpha value is -2.04. The number of likely N-dealkylation sites (N-methyl/N-ethyl adjacent to an activating group) is 1. The summed E-state index contributed by atoms with van der Waals surface area (Å²) in [6, 6.07) is 5.36. The number of hydrogen-bond donors (Lipinski definition) is 1. The highest BCUT2D eigenvalue weighted by Crippen LogP contribution is 2.18. The van der Waals surface area contributed by atoms with E-state index >= 15 is 0 Å². The highest BCUT2D eigenvalue weighted by Gasteiger charge is 2.22. The molecule has 1 saturated heterocycles. The van der Waals surface area contributed by atoms with Gasteiger partial charge in [-0.3, -0.25) is 9.59 Å². The lowest BCUT2D eigenvalue weighted by Gasteiger charge is -2.22. The van der Waals surface area contributed by atoms with Gasteiger partial charge in [0.15, 0.2) is 0 Å². The van der Waals surface area contributed by atoms with Crippen LogP contribution in [0.25, 0.3) is 0 Å². The Morgan fingerprint density at radius 3 is 2.60 bits per heavy atom. The summed E-state index contributed by atoms with van der Waals surface area (Å²) in [5.41, 5.74) is 7.75. The van der Waals surface area contributed by atoms with Crippen molar-refractivity contribution in [1.29, 1.82) is 0 Å². The van der Waals surface area contributed by atoms with Crippen LogP contribution in [0.1, 0.15) is 28.8 Å². The molecule has 5 nitrogen and oxygen atoms in total. The molecule has 2 amide bonds. The summed E-state index contributed by atoms with van der Waals surface area (Å²) in [6.45, 7) is 3.56. The van der Waals surface area contributed by atoms with Gasteiger partial charge in [0, 0.05) is 25.8 Å².